The lowest BCUT2D eigenvalue weighted by Crippen LogP contribution is -2.67. The van der Waals surface area contributed by atoms with Gasteiger partial charge in [-0.15, -0.1) is 0 Å². The van der Waals surface area contributed by atoms with E-state index in [0.717, 1.165) is 73.4 Å². The summed E-state index contributed by atoms with van der Waals surface area (Å²) in [5.74, 6) is 0.0801. The van der Waals surface area contributed by atoms with E-state index in [1.165, 1.54) is 10.4 Å². The maximum atomic E-state index is 17.5. The number of hydrogen-bond acceptors (Lipinski definition) is 9. The Morgan fingerprint density at radius 3 is 2.15 bits per heavy atom. The third-order valence-corrected chi connectivity index (χ3v) is 20.1. The number of hydrogen-bond donors (Lipinski definition) is 0. The summed E-state index contributed by atoms with van der Waals surface area (Å²) in [4.78, 5) is 35.1. The van der Waals surface area contributed by atoms with Crippen molar-refractivity contribution in [3.63, 3.8) is 0 Å². The molecule has 6 aromatic rings. The van der Waals surface area contributed by atoms with Gasteiger partial charge in [0.15, 0.2) is 5.82 Å². The highest BCUT2D eigenvalue weighted by Gasteiger charge is 2.54. The van der Waals surface area contributed by atoms with Crippen LogP contribution in [-0.2, 0) is 15.6 Å². The number of halogens is 1. The van der Waals surface area contributed by atoms with Crippen molar-refractivity contribution in [2.45, 2.75) is 128 Å². The lowest BCUT2D eigenvalue weighted by Gasteiger charge is -2.44. The average molecular weight is 921 g/mol. The first-order valence-electron chi connectivity index (χ1n) is 24.5. The highest BCUT2D eigenvalue weighted by atomic mass is 28.4. The van der Waals surface area contributed by atoms with Crippen LogP contribution in [0.3, 0.4) is 0 Å². The number of amides is 1. The quantitative estimate of drug-likeness (QED) is 0.118. The molecule has 10 rings (SSSR count). The molecule has 4 saturated heterocycles. The Labute approximate surface area is 396 Å². The Balaban J connectivity index is 0.979. The standard InChI is InChI=1S/C55H65FN6O4Si/c1-8-37-18-15-19-38-20-16-25-44(46(37)38)48-47(56)49-45(32-57-48)50(60-33-39-26-27-40(34-60)62(39)52(63)66-53(2,3)4)59-51(58-49)64-36-55-29-17-31-61(55)41(28-30-55)35-65-67(54(5,6)7,42-21-11-9-12-22-42)43-23-13-10-14-24-43/h9-16,18-25,32,39-41H,8,17,26-31,33-36H2,1-7H3/t39?,40?,41?,55-/m1/s1. The number of benzene rings is 4. The first kappa shape index (κ1) is 45.4. The first-order valence-corrected chi connectivity index (χ1v) is 26.4. The number of nitrogens with zero attached hydrogens (tertiary/aromatic N) is 6. The van der Waals surface area contributed by atoms with Crippen molar-refractivity contribution in [1.82, 2.24) is 24.8 Å². The first-order chi connectivity index (χ1) is 32.2. The van der Waals surface area contributed by atoms with Crippen molar-refractivity contribution < 1.29 is 23.1 Å². The van der Waals surface area contributed by atoms with E-state index in [1.54, 1.807) is 6.20 Å². The van der Waals surface area contributed by atoms with Gasteiger partial charge in [-0.1, -0.05) is 125 Å². The summed E-state index contributed by atoms with van der Waals surface area (Å²) >= 11 is 0. The summed E-state index contributed by atoms with van der Waals surface area (Å²) in [6, 6.07) is 34.1. The normalized spacial score (nSPS) is 22.2. The average Bonchev–Trinajstić information content (AvgIpc) is 3.97. The van der Waals surface area contributed by atoms with E-state index in [-0.39, 0.29) is 52.0 Å². The Bertz CT molecular complexity index is 2720. The second kappa shape index (κ2) is 17.6. The number of carbonyl (C=O) groups is 1. The maximum absolute atomic E-state index is 17.5. The molecule has 6 heterocycles. The molecule has 10 nitrogen and oxygen atoms in total. The number of pyridine rings is 1. The number of carbonyl (C=O) groups excluding carboxylic acids is 1. The van der Waals surface area contributed by atoms with Gasteiger partial charge >= 0.3 is 12.1 Å². The summed E-state index contributed by atoms with van der Waals surface area (Å²) < 4.78 is 37.7. The predicted molar refractivity (Wildman–Crippen MR) is 267 cm³/mol. The molecule has 0 saturated carbocycles. The molecule has 0 spiro atoms. The van der Waals surface area contributed by atoms with Gasteiger partial charge in [0.2, 0.25) is 0 Å². The van der Waals surface area contributed by atoms with Gasteiger partial charge in [0, 0.05) is 30.9 Å². The SMILES string of the molecule is CCc1cccc2cccc(-c3ncc4c(N5CC6CCC(C5)N6C(=O)OC(C)(C)C)nc(OC[C@]56CCCN5C(CO[Si](c5ccccc5)(c5ccccc5)C(C)(C)C)CC6)nc4c3F)c12. The van der Waals surface area contributed by atoms with Crippen LogP contribution in [0.15, 0.2) is 103 Å². The van der Waals surface area contributed by atoms with Crippen LogP contribution in [0.4, 0.5) is 15.0 Å². The van der Waals surface area contributed by atoms with Crippen LogP contribution in [0.5, 0.6) is 6.01 Å². The van der Waals surface area contributed by atoms with Crippen LogP contribution in [0.1, 0.15) is 92.6 Å². The number of anilines is 1. The Kier molecular flexibility index (Phi) is 11.9. The highest BCUT2D eigenvalue weighted by molar-refractivity contribution is 6.99. The molecular formula is C55H65FN6O4Si. The molecule has 0 aliphatic carbocycles. The number of aromatic nitrogens is 3. The zero-order valence-corrected chi connectivity index (χ0v) is 41.2. The molecule has 0 radical (unpaired) electrons. The van der Waals surface area contributed by atoms with E-state index in [4.69, 9.17) is 28.9 Å². The Morgan fingerprint density at radius 1 is 0.836 bits per heavy atom. The molecule has 2 bridgehead atoms. The number of ether oxygens (including phenoxy) is 2. The van der Waals surface area contributed by atoms with E-state index < -0.39 is 19.7 Å². The predicted octanol–water partition coefficient (Wildman–Crippen LogP) is 10.1. The minimum atomic E-state index is -2.74. The van der Waals surface area contributed by atoms with Gasteiger partial charge in [-0.2, -0.15) is 9.97 Å². The molecule has 4 aliphatic rings. The second-order valence-electron chi connectivity index (χ2n) is 21.3. The minimum absolute atomic E-state index is 0.0735. The van der Waals surface area contributed by atoms with Crippen molar-refractivity contribution in [1.29, 1.82) is 0 Å². The molecule has 0 N–H and O–H groups in total. The topological polar surface area (TPSA) is 93.2 Å². The zero-order valence-electron chi connectivity index (χ0n) is 40.2. The summed E-state index contributed by atoms with van der Waals surface area (Å²) in [7, 11) is -2.74. The number of fused-ring (bicyclic) bond motifs is 5. The van der Waals surface area contributed by atoms with Crippen molar-refractivity contribution in [2.24, 2.45) is 0 Å². The van der Waals surface area contributed by atoms with Crippen molar-refractivity contribution >= 4 is 52.3 Å². The fraction of sp³-hybridized carbons (Fsp3) is 0.455. The molecular weight excluding hydrogens is 856 g/mol. The molecule has 350 valence electrons. The van der Waals surface area contributed by atoms with Crippen LogP contribution in [0.2, 0.25) is 5.04 Å². The van der Waals surface area contributed by atoms with Crippen molar-refractivity contribution in [2.75, 3.05) is 37.7 Å². The van der Waals surface area contributed by atoms with Crippen LogP contribution in [0.25, 0.3) is 32.9 Å². The molecule has 4 atom stereocenters. The summed E-state index contributed by atoms with van der Waals surface area (Å²) in [6.07, 6.45) is 7.94. The van der Waals surface area contributed by atoms with Gasteiger partial charge < -0.3 is 18.8 Å². The fourth-order valence-corrected chi connectivity index (χ4v) is 16.7. The highest BCUT2D eigenvalue weighted by Crippen LogP contribution is 2.45. The van der Waals surface area contributed by atoms with Gasteiger partial charge in [-0.05, 0) is 104 Å². The largest absolute Gasteiger partial charge is 0.461 e. The molecule has 4 aliphatic heterocycles. The summed E-state index contributed by atoms with van der Waals surface area (Å²) in [5, 5.41) is 5.00. The van der Waals surface area contributed by atoms with Gasteiger partial charge in [0.1, 0.15) is 29.2 Å². The second-order valence-corrected chi connectivity index (χ2v) is 25.6. The van der Waals surface area contributed by atoms with E-state index >= 15 is 4.39 Å². The van der Waals surface area contributed by atoms with E-state index in [0.29, 0.717) is 37.5 Å². The van der Waals surface area contributed by atoms with Crippen molar-refractivity contribution in [3.8, 4) is 17.3 Å². The molecule has 4 fully saturated rings. The van der Waals surface area contributed by atoms with E-state index in [1.807, 2.05) is 37.8 Å². The van der Waals surface area contributed by atoms with Gasteiger partial charge in [-0.25, -0.2) is 9.18 Å². The number of piperazine rings is 1. The zero-order chi connectivity index (χ0) is 46.7. The van der Waals surface area contributed by atoms with Gasteiger partial charge in [-0.3, -0.25) is 14.8 Å². The maximum Gasteiger partial charge on any atom is 0.410 e. The number of rotatable bonds is 11. The lowest BCUT2D eigenvalue weighted by atomic mass is 9.95. The molecule has 12 heteroatoms. The monoisotopic (exact) mass is 920 g/mol. The third kappa shape index (κ3) is 8.16. The Morgan fingerprint density at radius 2 is 1.51 bits per heavy atom. The Hall–Kier alpha value is -5.43. The molecule has 1 amide bonds. The lowest BCUT2D eigenvalue weighted by molar-refractivity contribution is 0.0122. The van der Waals surface area contributed by atoms with Crippen molar-refractivity contribution in [3.05, 3.63) is 115 Å². The third-order valence-electron chi connectivity index (χ3n) is 15.1. The molecule has 67 heavy (non-hydrogen) atoms. The molecule has 4 aromatic carbocycles. The van der Waals surface area contributed by atoms with Crippen LogP contribution >= 0.6 is 0 Å². The van der Waals surface area contributed by atoms with Crippen LogP contribution < -0.4 is 20.0 Å². The minimum Gasteiger partial charge on any atom is -0.461 e. The van der Waals surface area contributed by atoms with Gasteiger partial charge in [0.05, 0.1) is 29.6 Å². The van der Waals surface area contributed by atoms with Gasteiger partial charge in [0.25, 0.3) is 8.32 Å². The van der Waals surface area contributed by atoms with Crippen LogP contribution in [-0.4, -0.2) is 101 Å². The summed E-state index contributed by atoms with van der Waals surface area (Å²) in [6.45, 7) is 17.8. The van der Waals surface area contributed by atoms with E-state index in [9.17, 15) is 4.79 Å². The molecule has 3 unspecified atom stereocenters. The number of aryl methyl sites for hydroxylation is 1. The van der Waals surface area contributed by atoms with E-state index in [2.05, 4.69) is 122 Å². The fourth-order valence-electron chi connectivity index (χ4n) is 12.1. The smallest absolute Gasteiger partial charge is 0.410 e. The van der Waals surface area contributed by atoms with Crippen LogP contribution in [0, 0.1) is 5.82 Å². The summed E-state index contributed by atoms with van der Waals surface area (Å²) in [5.41, 5.74) is 1.48. The molecule has 2 aromatic heterocycles.